The van der Waals surface area contributed by atoms with Crippen molar-refractivity contribution in [1.29, 1.82) is 0 Å². The van der Waals surface area contributed by atoms with Crippen LogP contribution < -0.4 is 16.4 Å². The average Bonchev–Trinajstić information content (AvgIpc) is 3.05. The largest absolute Gasteiger partial charge is 0.368 e. The quantitative estimate of drug-likeness (QED) is 0.349. The monoisotopic (exact) mass is 578 g/mol. The van der Waals surface area contributed by atoms with Crippen molar-refractivity contribution >= 4 is 51.5 Å². The summed E-state index contributed by atoms with van der Waals surface area (Å²) in [4.78, 5) is 27.8. The number of nitrogens with two attached hydrogens (primary N) is 1. The molecule has 2 atom stereocenters. The third kappa shape index (κ3) is 7.37. The molecule has 0 saturated heterocycles. The number of aliphatic imine (C=N–C) groups is 2. The van der Waals surface area contributed by atoms with Gasteiger partial charge in [-0.3, -0.25) is 19.8 Å². The smallest absolute Gasteiger partial charge is 0.229 e. The molecule has 2 aliphatic heterocycles. The molecule has 3 rings (SSSR count). The van der Waals surface area contributed by atoms with Crippen LogP contribution in [0.3, 0.4) is 0 Å². The topological polar surface area (TPSA) is 120 Å². The van der Waals surface area contributed by atoms with E-state index in [2.05, 4.69) is 119 Å². The highest BCUT2D eigenvalue weighted by Gasteiger charge is 2.45. The summed E-state index contributed by atoms with van der Waals surface area (Å²) in [5.41, 5.74) is 5.56. The molecule has 12 heteroatoms. The van der Waals surface area contributed by atoms with Crippen LogP contribution in [0.15, 0.2) is 9.98 Å². The summed E-state index contributed by atoms with van der Waals surface area (Å²) in [5, 5.41) is 9.17. The van der Waals surface area contributed by atoms with Crippen LogP contribution in [-0.2, 0) is 0 Å². The molecule has 0 spiro atoms. The SMILES string of the molecule is CC(CCSC1=NC(C)(C)N(C)C1(C)C)Nc1nc(N)nc(NC(C)CCSC2=NC(C)(C)N(C)C2(C)C)n1. The zero-order valence-corrected chi connectivity index (χ0v) is 27.6. The van der Waals surface area contributed by atoms with Crippen molar-refractivity contribution < 1.29 is 0 Å². The van der Waals surface area contributed by atoms with Gasteiger partial charge in [0.25, 0.3) is 0 Å². The normalized spacial score (nSPS) is 23.3. The second-order valence-electron chi connectivity index (χ2n) is 12.8. The molecular weight excluding hydrogens is 529 g/mol. The molecule has 1 aromatic heterocycles. The van der Waals surface area contributed by atoms with E-state index in [1.165, 1.54) is 10.1 Å². The fourth-order valence-electron chi connectivity index (χ4n) is 4.76. The number of hydrogen-bond acceptors (Lipinski definition) is 12. The van der Waals surface area contributed by atoms with E-state index in [4.69, 9.17) is 15.7 Å². The van der Waals surface area contributed by atoms with E-state index >= 15 is 0 Å². The van der Waals surface area contributed by atoms with E-state index in [-0.39, 0.29) is 40.4 Å². The van der Waals surface area contributed by atoms with Crippen LogP contribution in [0.1, 0.15) is 82.1 Å². The Kier molecular flexibility index (Phi) is 9.56. The first-order chi connectivity index (χ1) is 17.9. The molecule has 220 valence electrons. The van der Waals surface area contributed by atoms with Gasteiger partial charge < -0.3 is 16.4 Å². The van der Waals surface area contributed by atoms with E-state index in [1.54, 1.807) is 0 Å². The lowest BCUT2D eigenvalue weighted by atomic mass is 10.0. The van der Waals surface area contributed by atoms with Crippen LogP contribution in [0.2, 0.25) is 0 Å². The van der Waals surface area contributed by atoms with Gasteiger partial charge in [0.15, 0.2) is 0 Å². The van der Waals surface area contributed by atoms with Crippen LogP contribution in [0, 0.1) is 0 Å². The highest BCUT2D eigenvalue weighted by Crippen LogP contribution is 2.38. The summed E-state index contributed by atoms with van der Waals surface area (Å²) >= 11 is 3.66. The van der Waals surface area contributed by atoms with E-state index in [0.717, 1.165) is 24.3 Å². The Labute approximate surface area is 244 Å². The average molecular weight is 579 g/mol. The van der Waals surface area contributed by atoms with Gasteiger partial charge in [-0.1, -0.05) is 0 Å². The summed E-state index contributed by atoms with van der Waals surface area (Å²) in [6.45, 7) is 21.9. The zero-order chi connectivity index (χ0) is 29.4. The van der Waals surface area contributed by atoms with Gasteiger partial charge in [0.05, 0.1) is 21.2 Å². The predicted octanol–water partition coefficient (Wildman–Crippen LogP) is 5.02. The fraction of sp³-hybridized carbons (Fsp3) is 0.815. The Morgan fingerprint density at radius 1 is 0.692 bits per heavy atom. The summed E-state index contributed by atoms with van der Waals surface area (Å²) in [6.07, 6.45) is 1.89. The third-order valence-corrected chi connectivity index (χ3v) is 10.7. The molecule has 0 radical (unpaired) electrons. The van der Waals surface area contributed by atoms with Crippen molar-refractivity contribution in [2.24, 2.45) is 9.98 Å². The number of aromatic nitrogens is 3. The molecule has 0 bridgehead atoms. The van der Waals surface area contributed by atoms with E-state index in [1.807, 2.05) is 23.5 Å². The maximum absolute atomic E-state index is 6.02. The fourth-order valence-corrected chi connectivity index (χ4v) is 7.65. The zero-order valence-electron chi connectivity index (χ0n) is 26.0. The first-order valence-electron chi connectivity index (χ1n) is 13.8. The van der Waals surface area contributed by atoms with Gasteiger partial charge in [-0.25, -0.2) is 0 Å². The molecule has 2 aliphatic rings. The highest BCUT2D eigenvalue weighted by molar-refractivity contribution is 8.14. The molecule has 0 amide bonds. The number of nitrogens with zero attached hydrogens (tertiary/aromatic N) is 7. The van der Waals surface area contributed by atoms with Gasteiger partial charge in [0.2, 0.25) is 17.8 Å². The van der Waals surface area contributed by atoms with Crippen LogP contribution >= 0.6 is 23.5 Å². The minimum Gasteiger partial charge on any atom is -0.368 e. The maximum atomic E-state index is 6.02. The Morgan fingerprint density at radius 2 is 1.05 bits per heavy atom. The minimum absolute atomic E-state index is 0.0586. The number of nitrogen functional groups attached to an aromatic ring is 1. The van der Waals surface area contributed by atoms with E-state index in [0.29, 0.717) is 11.9 Å². The van der Waals surface area contributed by atoms with Gasteiger partial charge in [-0.15, -0.1) is 23.5 Å². The van der Waals surface area contributed by atoms with Crippen LogP contribution in [-0.4, -0.2) is 94.9 Å². The standard InChI is InChI=1S/C27H50N10S2/c1-17(13-15-38-19-24(3,4)36(11)26(7,8)34-19)29-22-31-21(28)32-23(33-22)30-18(2)14-16-39-20-25(5,6)37(12)27(9,10)35-20/h17-18H,13-16H2,1-12H3,(H4,28,29,30,31,32,33). The van der Waals surface area contributed by atoms with Crippen molar-refractivity contribution in [2.75, 3.05) is 42.0 Å². The number of thioether (sulfide) groups is 2. The van der Waals surface area contributed by atoms with E-state index < -0.39 is 0 Å². The second kappa shape index (κ2) is 11.7. The van der Waals surface area contributed by atoms with Crippen molar-refractivity contribution in [3.05, 3.63) is 0 Å². The van der Waals surface area contributed by atoms with Crippen molar-refractivity contribution in [3.8, 4) is 0 Å². The van der Waals surface area contributed by atoms with Gasteiger partial charge >= 0.3 is 0 Å². The number of rotatable bonds is 10. The van der Waals surface area contributed by atoms with Crippen molar-refractivity contribution in [2.45, 2.75) is 117 Å². The highest BCUT2D eigenvalue weighted by atomic mass is 32.2. The van der Waals surface area contributed by atoms with Gasteiger partial charge in [0.1, 0.15) is 11.3 Å². The molecule has 0 aliphatic carbocycles. The van der Waals surface area contributed by atoms with Gasteiger partial charge in [0, 0.05) is 23.6 Å². The van der Waals surface area contributed by atoms with Gasteiger partial charge in [-0.2, -0.15) is 15.0 Å². The molecular formula is C27H50N10S2. The summed E-state index contributed by atoms with van der Waals surface area (Å²) in [6, 6.07) is 0.351. The third-order valence-electron chi connectivity index (χ3n) is 8.10. The minimum atomic E-state index is -0.174. The lowest BCUT2D eigenvalue weighted by Crippen LogP contribution is -2.48. The molecule has 0 fully saturated rings. The summed E-state index contributed by atoms with van der Waals surface area (Å²) < 4.78 is 0. The number of anilines is 3. The second-order valence-corrected chi connectivity index (χ2v) is 14.9. The lowest BCUT2D eigenvalue weighted by Gasteiger charge is -2.36. The maximum Gasteiger partial charge on any atom is 0.229 e. The van der Waals surface area contributed by atoms with Crippen molar-refractivity contribution in [3.63, 3.8) is 0 Å². The lowest BCUT2D eigenvalue weighted by molar-refractivity contribution is 0.121. The molecule has 2 unspecified atom stereocenters. The number of hydrogen-bond donors (Lipinski definition) is 3. The molecule has 0 aromatic carbocycles. The van der Waals surface area contributed by atoms with Crippen molar-refractivity contribution in [1.82, 2.24) is 24.8 Å². The van der Waals surface area contributed by atoms with E-state index in [9.17, 15) is 0 Å². The molecule has 3 heterocycles. The Bertz CT molecular complexity index is 1000. The molecule has 39 heavy (non-hydrogen) atoms. The molecule has 0 saturated carbocycles. The number of nitrogens with one attached hydrogen (secondary N) is 2. The Hall–Kier alpha value is -1.63. The Balaban J connectivity index is 1.48. The molecule has 4 N–H and O–H groups in total. The molecule has 10 nitrogen and oxygen atoms in total. The Morgan fingerprint density at radius 3 is 1.36 bits per heavy atom. The van der Waals surface area contributed by atoms with Crippen LogP contribution in [0.5, 0.6) is 0 Å². The first-order valence-corrected chi connectivity index (χ1v) is 15.8. The summed E-state index contributed by atoms with van der Waals surface area (Å²) in [5.74, 6) is 3.11. The van der Waals surface area contributed by atoms with Crippen LogP contribution in [0.4, 0.5) is 17.8 Å². The first kappa shape index (κ1) is 31.9. The van der Waals surface area contributed by atoms with Gasteiger partial charge in [-0.05, 0) is 96.2 Å². The van der Waals surface area contributed by atoms with Crippen LogP contribution in [0.25, 0.3) is 0 Å². The summed E-state index contributed by atoms with van der Waals surface area (Å²) in [7, 11) is 4.28. The molecule has 1 aromatic rings. The predicted molar refractivity (Wildman–Crippen MR) is 171 cm³/mol.